The van der Waals surface area contributed by atoms with Crippen molar-refractivity contribution in [3.05, 3.63) is 39.4 Å². The highest BCUT2D eigenvalue weighted by Crippen LogP contribution is 2.21. The van der Waals surface area contributed by atoms with Crippen molar-refractivity contribution in [2.45, 2.75) is 4.95 Å². The van der Waals surface area contributed by atoms with Crippen molar-refractivity contribution >= 4 is 39.3 Å². The molecule has 0 saturated carbocycles. The van der Waals surface area contributed by atoms with Gasteiger partial charge in [0.2, 0.25) is 0 Å². The second-order valence-corrected chi connectivity index (χ2v) is 4.59. The largest absolute Gasteiger partial charge is 0.465 e. The highest BCUT2D eigenvalue weighted by atomic mass is 79.9. The number of hydrogen-bond donors (Lipinski definition) is 1. The van der Waals surface area contributed by atoms with Crippen LogP contribution < -0.4 is 4.90 Å². The van der Waals surface area contributed by atoms with E-state index in [2.05, 4.69) is 15.9 Å². The summed E-state index contributed by atoms with van der Waals surface area (Å²) in [5, 5.41) is 19.8. The Labute approximate surface area is 110 Å². The topological polar surface area (TPSA) is 83.7 Å². The Balaban J connectivity index is 2.94. The second kappa shape index (κ2) is 5.83. The molecule has 0 spiro atoms. The number of carboxylic acid groups (broad SMARTS) is 1. The van der Waals surface area contributed by atoms with Gasteiger partial charge in [-0.2, -0.15) is 0 Å². The van der Waals surface area contributed by atoms with Crippen LogP contribution in [-0.4, -0.2) is 27.6 Å². The molecule has 92 valence electrons. The Morgan fingerprint density at radius 1 is 1.65 bits per heavy atom. The third-order valence-corrected chi connectivity index (χ3v) is 2.77. The fourth-order valence-corrected chi connectivity index (χ4v) is 1.63. The van der Waals surface area contributed by atoms with E-state index in [1.165, 1.54) is 12.1 Å². The average molecular weight is 324 g/mol. The smallest absolute Gasteiger partial charge is 0.412 e. The van der Waals surface area contributed by atoms with Gasteiger partial charge in [0.15, 0.2) is 0 Å². The first-order chi connectivity index (χ1) is 7.91. The summed E-state index contributed by atoms with van der Waals surface area (Å²) in [6, 6.07) is 6.10. The van der Waals surface area contributed by atoms with Crippen LogP contribution in [0.15, 0.2) is 24.3 Å². The molecule has 17 heavy (non-hydrogen) atoms. The molecule has 6 nitrogen and oxygen atoms in total. The fraction of sp³-hybridized carbons (Fsp3) is 0.222. The summed E-state index contributed by atoms with van der Waals surface area (Å²) in [5.41, 5.74) is 0.288. The molecule has 0 bridgehead atoms. The number of amides is 1. The van der Waals surface area contributed by atoms with Crippen molar-refractivity contribution in [2.24, 2.45) is 0 Å². The van der Waals surface area contributed by atoms with Crippen molar-refractivity contribution in [1.82, 2.24) is 0 Å². The molecule has 1 atom stereocenters. The summed E-state index contributed by atoms with van der Waals surface area (Å²) >= 11 is 8.52. The van der Waals surface area contributed by atoms with E-state index in [4.69, 9.17) is 16.7 Å². The molecule has 0 heterocycles. The number of anilines is 1. The van der Waals surface area contributed by atoms with Crippen molar-refractivity contribution < 1.29 is 14.8 Å². The lowest BCUT2D eigenvalue weighted by Crippen LogP contribution is -2.37. The molecule has 0 aliphatic rings. The predicted octanol–water partition coefficient (Wildman–Crippen LogP) is 2.82. The Kier molecular flexibility index (Phi) is 4.71. The van der Waals surface area contributed by atoms with E-state index in [9.17, 15) is 14.9 Å². The standard InChI is InChI=1S/C9H8BrClN2O4/c10-8(13(16)17)5-12(9(14)15)7-3-1-2-6(11)4-7/h1-4,8H,5H2,(H,14,15). The predicted molar refractivity (Wildman–Crippen MR) is 66.5 cm³/mol. The van der Waals surface area contributed by atoms with Crippen molar-refractivity contribution in [1.29, 1.82) is 0 Å². The van der Waals surface area contributed by atoms with Crippen LogP contribution in [0.2, 0.25) is 5.02 Å². The number of rotatable bonds is 4. The number of carbonyl (C=O) groups is 1. The van der Waals surface area contributed by atoms with Gasteiger partial charge in [0, 0.05) is 15.6 Å². The van der Waals surface area contributed by atoms with E-state index >= 15 is 0 Å². The van der Waals surface area contributed by atoms with Gasteiger partial charge < -0.3 is 5.11 Å². The molecule has 1 unspecified atom stereocenters. The molecule has 1 N–H and O–H groups in total. The van der Waals surface area contributed by atoms with Gasteiger partial charge in [-0.1, -0.05) is 17.7 Å². The normalized spacial score (nSPS) is 11.9. The highest BCUT2D eigenvalue weighted by molar-refractivity contribution is 9.09. The van der Waals surface area contributed by atoms with Gasteiger partial charge in [-0.15, -0.1) is 0 Å². The monoisotopic (exact) mass is 322 g/mol. The van der Waals surface area contributed by atoms with Crippen LogP contribution in [0.25, 0.3) is 0 Å². The maximum atomic E-state index is 11.0. The zero-order chi connectivity index (χ0) is 13.0. The summed E-state index contributed by atoms with van der Waals surface area (Å²) < 4.78 is 0. The Bertz CT molecular complexity index is 443. The molecule has 0 aromatic heterocycles. The highest BCUT2D eigenvalue weighted by Gasteiger charge is 2.24. The van der Waals surface area contributed by atoms with Crippen LogP contribution in [0, 0.1) is 10.1 Å². The fourth-order valence-electron chi connectivity index (χ4n) is 1.16. The molecule has 1 aromatic rings. The van der Waals surface area contributed by atoms with Gasteiger partial charge >= 0.3 is 6.09 Å². The molecule has 8 heteroatoms. The Hall–Kier alpha value is -1.34. The van der Waals surface area contributed by atoms with Crippen molar-refractivity contribution in [2.75, 3.05) is 11.4 Å². The minimum Gasteiger partial charge on any atom is -0.465 e. The summed E-state index contributed by atoms with van der Waals surface area (Å²) in [6.45, 7) is -0.303. The van der Waals surface area contributed by atoms with E-state index in [1.807, 2.05) is 0 Å². The first-order valence-corrected chi connectivity index (χ1v) is 5.74. The third-order valence-electron chi connectivity index (χ3n) is 1.91. The molecule has 0 aliphatic heterocycles. The number of nitrogens with zero attached hydrogens (tertiary/aromatic N) is 2. The van der Waals surface area contributed by atoms with E-state index in [0.717, 1.165) is 4.90 Å². The SMILES string of the molecule is O=C(O)N(CC(Br)[N+](=O)[O-])c1cccc(Cl)c1. The number of halogens is 2. The van der Waals surface area contributed by atoms with Crippen molar-refractivity contribution in [3.8, 4) is 0 Å². The average Bonchev–Trinajstić information content (AvgIpc) is 2.24. The van der Waals surface area contributed by atoms with E-state index in [-0.39, 0.29) is 12.2 Å². The van der Waals surface area contributed by atoms with E-state index in [1.54, 1.807) is 12.1 Å². The Morgan fingerprint density at radius 3 is 2.76 bits per heavy atom. The third kappa shape index (κ3) is 3.86. The van der Waals surface area contributed by atoms with E-state index < -0.39 is 16.0 Å². The lowest BCUT2D eigenvalue weighted by atomic mass is 10.3. The van der Waals surface area contributed by atoms with E-state index in [0.29, 0.717) is 5.02 Å². The lowest BCUT2D eigenvalue weighted by Gasteiger charge is -2.19. The molecular weight excluding hydrogens is 315 g/mol. The van der Waals surface area contributed by atoms with Crippen LogP contribution >= 0.6 is 27.5 Å². The van der Waals surface area contributed by atoms with Crippen LogP contribution in [0.5, 0.6) is 0 Å². The molecule has 1 aromatic carbocycles. The first kappa shape index (κ1) is 13.7. The second-order valence-electron chi connectivity index (χ2n) is 3.09. The van der Waals surface area contributed by atoms with Gasteiger partial charge in [0.25, 0.3) is 4.95 Å². The van der Waals surface area contributed by atoms with Gasteiger partial charge in [-0.25, -0.2) is 4.79 Å². The molecule has 0 radical (unpaired) electrons. The molecule has 0 fully saturated rings. The van der Waals surface area contributed by atoms with Crippen LogP contribution in [0.4, 0.5) is 10.5 Å². The minimum atomic E-state index is -1.28. The maximum Gasteiger partial charge on any atom is 0.412 e. The zero-order valence-electron chi connectivity index (χ0n) is 8.42. The maximum absolute atomic E-state index is 11.0. The van der Waals surface area contributed by atoms with Gasteiger partial charge in [-0.05, 0) is 34.1 Å². The van der Waals surface area contributed by atoms with Gasteiger partial charge in [0.1, 0.15) is 6.54 Å². The number of alkyl halides is 1. The van der Waals surface area contributed by atoms with Crippen LogP contribution in [0.1, 0.15) is 0 Å². The first-order valence-electron chi connectivity index (χ1n) is 4.45. The molecule has 1 amide bonds. The summed E-state index contributed by atoms with van der Waals surface area (Å²) in [6.07, 6.45) is -1.28. The number of hydrogen-bond acceptors (Lipinski definition) is 3. The minimum absolute atomic E-state index is 0.288. The summed E-state index contributed by atoms with van der Waals surface area (Å²) in [5.74, 6) is 0. The van der Waals surface area contributed by atoms with Gasteiger partial charge in [0.05, 0.1) is 0 Å². The Morgan fingerprint density at radius 2 is 2.29 bits per heavy atom. The quantitative estimate of drug-likeness (QED) is 0.400. The number of benzene rings is 1. The van der Waals surface area contributed by atoms with Crippen LogP contribution in [0.3, 0.4) is 0 Å². The molecule has 1 rings (SSSR count). The van der Waals surface area contributed by atoms with Gasteiger partial charge in [-0.3, -0.25) is 15.0 Å². The molecule has 0 saturated heterocycles. The summed E-state index contributed by atoms with van der Waals surface area (Å²) in [4.78, 5) is 20.6. The lowest BCUT2D eigenvalue weighted by molar-refractivity contribution is -0.489. The molecule has 0 aliphatic carbocycles. The summed E-state index contributed by atoms with van der Waals surface area (Å²) in [7, 11) is 0. The zero-order valence-corrected chi connectivity index (χ0v) is 10.8. The van der Waals surface area contributed by atoms with Crippen LogP contribution in [-0.2, 0) is 0 Å². The number of nitro groups is 1. The van der Waals surface area contributed by atoms with Crippen molar-refractivity contribution in [3.63, 3.8) is 0 Å². The molecular formula is C9H8BrClN2O4.